The first-order valence-electron chi connectivity index (χ1n) is 6.51. The van der Waals surface area contributed by atoms with Gasteiger partial charge in [-0.05, 0) is 36.8 Å². The third kappa shape index (κ3) is 4.56. The minimum atomic E-state index is -0.443. The van der Waals surface area contributed by atoms with E-state index < -0.39 is 11.7 Å². The van der Waals surface area contributed by atoms with Crippen LogP contribution in [0.25, 0.3) is 0 Å². The second-order valence-electron chi connectivity index (χ2n) is 4.51. The number of hydrogen-bond acceptors (Lipinski definition) is 3. The Hall–Kier alpha value is -2.40. The Morgan fingerprint density at radius 3 is 2.86 bits per heavy atom. The SMILES string of the molecule is Cc1cc(Cl)ccc1OCC(=O)N/N=C\c1ccccc1F. The zero-order chi connectivity index (χ0) is 15.9. The number of nitrogens with zero attached hydrogens (tertiary/aromatic N) is 1. The normalized spacial score (nSPS) is 10.7. The maximum Gasteiger partial charge on any atom is 0.277 e. The van der Waals surface area contributed by atoms with Crippen LogP contribution in [0.5, 0.6) is 5.75 Å². The number of halogens is 2. The largest absolute Gasteiger partial charge is 0.483 e. The minimum Gasteiger partial charge on any atom is -0.483 e. The van der Waals surface area contributed by atoms with Gasteiger partial charge in [-0.1, -0.05) is 29.8 Å². The molecule has 0 unspecified atom stereocenters. The molecule has 1 amide bonds. The molecule has 0 aliphatic rings. The maximum absolute atomic E-state index is 13.3. The standard InChI is InChI=1S/C16H14ClFN2O2/c1-11-8-13(17)6-7-15(11)22-10-16(21)20-19-9-12-4-2-3-5-14(12)18/h2-9H,10H2,1H3,(H,20,21)/b19-9-. The van der Waals surface area contributed by atoms with Gasteiger partial charge in [0.1, 0.15) is 11.6 Å². The van der Waals surface area contributed by atoms with Crippen molar-refractivity contribution < 1.29 is 13.9 Å². The molecule has 2 rings (SSSR count). The van der Waals surface area contributed by atoms with Crippen molar-refractivity contribution in [2.45, 2.75) is 6.92 Å². The smallest absolute Gasteiger partial charge is 0.277 e. The number of hydrogen-bond donors (Lipinski definition) is 1. The van der Waals surface area contributed by atoms with Crippen molar-refractivity contribution in [3.8, 4) is 5.75 Å². The highest BCUT2D eigenvalue weighted by Gasteiger charge is 2.04. The zero-order valence-corrected chi connectivity index (χ0v) is 12.6. The average Bonchev–Trinajstić information content (AvgIpc) is 2.48. The first-order chi connectivity index (χ1) is 10.6. The Bertz CT molecular complexity index is 704. The molecule has 0 radical (unpaired) electrons. The summed E-state index contributed by atoms with van der Waals surface area (Å²) in [6, 6.07) is 11.2. The molecule has 0 saturated carbocycles. The van der Waals surface area contributed by atoms with Gasteiger partial charge in [0.25, 0.3) is 5.91 Å². The number of hydrazone groups is 1. The van der Waals surface area contributed by atoms with Crippen molar-refractivity contribution in [2.24, 2.45) is 5.10 Å². The van der Waals surface area contributed by atoms with Crippen molar-refractivity contribution in [1.29, 1.82) is 0 Å². The number of carbonyl (C=O) groups is 1. The predicted molar refractivity (Wildman–Crippen MR) is 83.8 cm³/mol. The molecule has 114 valence electrons. The van der Waals surface area contributed by atoms with E-state index in [9.17, 15) is 9.18 Å². The first kappa shape index (κ1) is 16.0. The van der Waals surface area contributed by atoms with Crippen LogP contribution in [0.4, 0.5) is 4.39 Å². The lowest BCUT2D eigenvalue weighted by Gasteiger charge is -2.08. The van der Waals surface area contributed by atoms with Gasteiger partial charge < -0.3 is 4.74 Å². The van der Waals surface area contributed by atoms with Gasteiger partial charge in [0.2, 0.25) is 0 Å². The van der Waals surface area contributed by atoms with Crippen molar-refractivity contribution in [1.82, 2.24) is 5.43 Å². The molecule has 0 fully saturated rings. The van der Waals surface area contributed by atoms with Gasteiger partial charge in [0.15, 0.2) is 6.61 Å². The van der Waals surface area contributed by atoms with E-state index in [-0.39, 0.29) is 12.2 Å². The molecule has 6 heteroatoms. The van der Waals surface area contributed by atoms with Gasteiger partial charge in [-0.2, -0.15) is 5.10 Å². The second kappa shape index (κ2) is 7.56. The highest BCUT2D eigenvalue weighted by Crippen LogP contribution is 2.21. The van der Waals surface area contributed by atoms with Crippen molar-refractivity contribution in [2.75, 3.05) is 6.61 Å². The zero-order valence-electron chi connectivity index (χ0n) is 11.8. The molecule has 4 nitrogen and oxygen atoms in total. The van der Waals surface area contributed by atoms with E-state index in [1.54, 1.807) is 36.4 Å². The molecule has 0 aromatic heterocycles. The van der Waals surface area contributed by atoms with E-state index in [1.165, 1.54) is 12.3 Å². The topological polar surface area (TPSA) is 50.7 Å². The summed E-state index contributed by atoms with van der Waals surface area (Å²) < 4.78 is 18.7. The molecule has 1 N–H and O–H groups in total. The molecule has 0 bridgehead atoms. The number of benzene rings is 2. The highest BCUT2D eigenvalue weighted by molar-refractivity contribution is 6.30. The predicted octanol–water partition coefficient (Wildman–Crippen LogP) is 3.32. The van der Waals surface area contributed by atoms with Crippen LogP contribution in [0.2, 0.25) is 5.02 Å². The van der Waals surface area contributed by atoms with Crippen LogP contribution in [-0.4, -0.2) is 18.7 Å². The summed E-state index contributed by atoms with van der Waals surface area (Å²) in [4.78, 5) is 11.6. The van der Waals surface area contributed by atoms with Crippen LogP contribution in [0.1, 0.15) is 11.1 Å². The van der Waals surface area contributed by atoms with E-state index in [4.69, 9.17) is 16.3 Å². The fourth-order valence-electron chi connectivity index (χ4n) is 1.70. The first-order valence-corrected chi connectivity index (χ1v) is 6.89. The Kier molecular flexibility index (Phi) is 5.49. The average molecular weight is 321 g/mol. The quantitative estimate of drug-likeness (QED) is 0.678. The van der Waals surface area contributed by atoms with E-state index >= 15 is 0 Å². The molecular weight excluding hydrogens is 307 g/mol. The van der Waals surface area contributed by atoms with Gasteiger partial charge in [0.05, 0.1) is 6.21 Å². The summed E-state index contributed by atoms with van der Waals surface area (Å²) in [6.07, 6.45) is 1.24. The molecule has 2 aromatic carbocycles. The van der Waals surface area contributed by atoms with E-state index in [1.807, 2.05) is 6.92 Å². The highest BCUT2D eigenvalue weighted by atomic mass is 35.5. The molecule has 0 aliphatic carbocycles. The second-order valence-corrected chi connectivity index (χ2v) is 4.95. The molecule has 2 aromatic rings. The molecule has 0 spiro atoms. The van der Waals surface area contributed by atoms with E-state index in [2.05, 4.69) is 10.5 Å². The minimum absolute atomic E-state index is 0.197. The van der Waals surface area contributed by atoms with E-state index in [0.29, 0.717) is 10.8 Å². The summed E-state index contributed by atoms with van der Waals surface area (Å²) in [7, 11) is 0. The third-order valence-corrected chi connectivity index (χ3v) is 3.03. The number of amides is 1. The van der Waals surface area contributed by atoms with E-state index in [0.717, 1.165) is 5.56 Å². The molecule has 0 aliphatic heterocycles. The van der Waals surface area contributed by atoms with Crippen LogP contribution >= 0.6 is 11.6 Å². The van der Waals surface area contributed by atoms with Crippen molar-refractivity contribution in [3.05, 3.63) is 64.4 Å². The fraction of sp³-hybridized carbons (Fsp3) is 0.125. The maximum atomic E-state index is 13.3. The lowest BCUT2D eigenvalue weighted by atomic mass is 10.2. The number of nitrogens with one attached hydrogen (secondary N) is 1. The summed E-state index contributed by atoms with van der Waals surface area (Å²) in [5.74, 6) is -0.284. The number of carbonyl (C=O) groups excluding carboxylic acids is 1. The summed E-state index contributed by atoms with van der Waals surface area (Å²) in [5.41, 5.74) is 3.39. The van der Waals surface area contributed by atoms with Gasteiger partial charge in [-0.25, -0.2) is 9.82 Å². The van der Waals surface area contributed by atoms with Gasteiger partial charge in [-0.15, -0.1) is 0 Å². The monoisotopic (exact) mass is 320 g/mol. The Balaban J connectivity index is 1.84. The van der Waals surface area contributed by atoms with Gasteiger partial charge >= 0.3 is 0 Å². The molecule has 0 heterocycles. The lowest BCUT2D eigenvalue weighted by molar-refractivity contribution is -0.123. The third-order valence-electron chi connectivity index (χ3n) is 2.79. The van der Waals surface area contributed by atoms with Crippen LogP contribution in [0.15, 0.2) is 47.6 Å². The molecule has 0 saturated heterocycles. The number of aryl methyl sites for hydroxylation is 1. The molecular formula is C16H14ClFN2O2. The molecule has 22 heavy (non-hydrogen) atoms. The Morgan fingerprint density at radius 1 is 1.36 bits per heavy atom. The van der Waals surface area contributed by atoms with Gasteiger partial charge in [0, 0.05) is 10.6 Å². The Labute approximate surface area is 132 Å². The molecule has 0 atom stereocenters. The summed E-state index contributed by atoms with van der Waals surface area (Å²) in [5, 5.41) is 4.29. The number of rotatable bonds is 5. The number of ether oxygens (including phenoxy) is 1. The Morgan fingerprint density at radius 2 is 2.14 bits per heavy atom. The van der Waals surface area contributed by atoms with Crippen LogP contribution < -0.4 is 10.2 Å². The fourth-order valence-corrected chi connectivity index (χ4v) is 1.93. The summed E-state index contributed by atoms with van der Waals surface area (Å²) in [6.45, 7) is 1.63. The van der Waals surface area contributed by atoms with Crippen LogP contribution in [0, 0.1) is 12.7 Å². The van der Waals surface area contributed by atoms with Crippen LogP contribution in [0.3, 0.4) is 0 Å². The van der Waals surface area contributed by atoms with Gasteiger partial charge in [-0.3, -0.25) is 4.79 Å². The van der Waals surface area contributed by atoms with Crippen molar-refractivity contribution in [3.63, 3.8) is 0 Å². The lowest BCUT2D eigenvalue weighted by Crippen LogP contribution is -2.24. The van der Waals surface area contributed by atoms with Crippen LogP contribution in [-0.2, 0) is 4.79 Å². The van der Waals surface area contributed by atoms with Crippen molar-refractivity contribution >= 4 is 23.7 Å². The summed E-state index contributed by atoms with van der Waals surface area (Å²) >= 11 is 5.83.